The second-order valence-corrected chi connectivity index (χ2v) is 10.7. The van der Waals surface area contributed by atoms with Crippen molar-refractivity contribution < 1.29 is 23.9 Å². The molecule has 1 amide bonds. The Hall–Kier alpha value is -3.91. The van der Waals surface area contributed by atoms with Crippen LogP contribution >= 0.6 is 8.25 Å². The number of hydrogen-bond acceptors (Lipinski definition) is 5. The maximum atomic E-state index is 12.4. The van der Waals surface area contributed by atoms with E-state index < -0.39 is 19.4 Å². The molecule has 2 heterocycles. The minimum atomic E-state index is -2.87. The van der Waals surface area contributed by atoms with Crippen LogP contribution in [0.4, 0.5) is 4.79 Å². The zero-order valence-corrected chi connectivity index (χ0v) is 23.0. The molecule has 39 heavy (non-hydrogen) atoms. The van der Waals surface area contributed by atoms with Crippen LogP contribution in [0.1, 0.15) is 43.3 Å². The molecule has 1 unspecified atom stereocenters. The highest BCUT2D eigenvalue weighted by molar-refractivity contribution is 7.30. The highest BCUT2D eigenvalue weighted by Crippen LogP contribution is 2.40. The molecule has 9 nitrogen and oxygen atoms in total. The summed E-state index contributed by atoms with van der Waals surface area (Å²) in [5, 5.41) is 4.99. The summed E-state index contributed by atoms with van der Waals surface area (Å²) in [6.45, 7) is 6.29. The first-order chi connectivity index (χ1) is 18.6. The van der Waals surface area contributed by atoms with Crippen LogP contribution < -0.4 is 0 Å². The Morgan fingerprint density at radius 2 is 1.33 bits per heavy atom. The minimum Gasteiger partial charge on any atom is -0.444 e. The molecule has 0 bridgehead atoms. The molecular formula is C29H32N4O5P+. The summed E-state index contributed by atoms with van der Waals surface area (Å²) in [6, 6.07) is 31.2. The fourth-order valence-electron chi connectivity index (χ4n) is 4.60. The Labute approximate surface area is 228 Å². The van der Waals surface area contributed by atoms with E-state index in [1.54, 1.807) is 4.90 Å². The number of ether oxygens (including phenoxy) is 1. The van der Waals surface area contributed by atoms with Gasteiger partial charge >= 0.3 is 14.3 Å². The second-order valence-electron chi connectivity index (χ2n) is 10.2. The number of amides is 1. The molecule has 3 aromatic carbocycles. The summed E-state index contributed by atoms with van der Waals surface area (Å²) < 4.78 is 16.2. The molecule has 202 valence electrons. The van der Waals surface area contributed by atoms with E-state index in [0.717, 1.165) is 16.7 Å². The second kappa shape index (κ2) is 11.9. The number of nitrogens with zero attached hydrogens (tertiary/aromatic N) is 4. The molecular weight excluding hydrogens is 515 g/mol. The minimum absolute atomic E-state index is 0.0558. The molecule has 0 aliphatic carbocycles. The van der Waals surface area contributed by atoms with Crippen molar-refractivity contribution >= 4 is 14.3 Å². The van der Waals surface area contributed by atoms with E-state index in [9.17, 15) is 4.79 Å². The predicted octanol–water partition coefficient (Wildman–Crippen LogP) is 4.91. The standard InChI is InChI=1S/C29H30N4O2.HO3P/c1-28(2,3)35-27(34)32-20-25(32)19-26-30-21-33(31-26)29(22-13-7-4-8-14-22,23-15-9-5-10-16-23)24-17-11-6-12-18-24;1-4(2)3/h4-18,21,25H,19-20H2,1-3H3;(H-,1,2,3)/p+1. The summed E-state index contributed by atoms with van der Waals surface area (Å²) >= 11 is 0. The van der Waals surface area contributed by atoms with Crippen molar-refractivity contribution in [2.45, 2.75) is 44.4 Å². The van der Waals surface area contributed by atoms with Gasteiger partial charge in [-0.1, -0.05) is 91.0 Å². The zero-order chi connectivity index (χ0) is 28.0. The maximum Gasteiger partial charge on any atom is 0.692 e. The Bertz CT molecular complexity index is 1290. The van der Waals surface area contributed by atoms with Crippen molar-refractivity contribution in [1.29, 1.82) is 0 Å². The van der Waals surface area contributed by atoms with Gasteiger partial charge in [-0.05, 0) is 37.5 Å². The Morgan fingerprint density at radius 1 is 0.897 bits per heavy atom. The number of hydrogen-bond donors (Lipinski definition) is 2. The Morgan fingerprint density at radius 3 is 1.74 bits per heavy atom. The van der Waals surface area contributed by atoms with Crippen LogP contribution in [-0.2, 0) is 21.3 Å². The van der Waals surface area contributed by atoms with E-state index in [-0.39, 0.29) is 12.1 Å². The summed E-state index contributed by atoms with van der Waals surface area (Å²) in [5.74, 6) is 0.702. The van der Waals surface area contributed by atoms with Gasteiger partial charge in [0.15, 0.2) is 5.82 Å². The SMILES string of the molecule is CC(C)(C)OC(=O)N1CC1Cc1ncn(C(c2ccccc2)(c2ccccc2)c2ccccc2)n1.O=[P+](O)O. The van der Waals surface area contributed by atoms with Crippen molar-refractivity contribution in [2.75, 3.05) is 6.54 Å². The third-order valence-corrected chi connectivity index (χ3v) is 6.22. The van der Waals surface area contributed by atoms with Crippen LogP contribution in [0, 0.1) is 0 Å². The van der Waals surface area contributed by atoms with Gasteiger partial charge < -0.3 is 9.64 Å². The Kier molecular flexibility index (Phi) is 8.55. The summed E-state index contributed by atoms with van der Waals surface area (Å²) in [4.78, 5) is 33.0. The highest BCUT2D eigenvalue weighted by Gasteiger charge is 2.43. The molecule has 1 aromatic heterocycles. The van der Waals surface area contributed by atoms with Crippen LogP contribution in [-0.4, -0.2) is 53.7 Å². The van der Waals surface area contributed by atoms with Gasteiger partial charge in [-0.25, -0.2) is 14.5 Å². The quantitative estimate of drug-likeness (QED) is 0.200. The molecule has 0 spiro atoms. The van der Waals surface area contributed by atoms with Gasteiger partial charge in [0.05, 0.1) is 6.04 Å². The van der Waals surface area contributed by atoms with Gasteiger partial charge in [-0.3, -0.25) is 0 Å². The van der Waals surface area contributed by atoms with Gasteiger partial charge in [0.1, 0.15) is 17.5 Å². The molecule has 1 atom stereocenters. The fourth-order valence-corrected chi connectivity index (χ4v) is 4.60. The van der Waals surface area contributed by atoms with E-state index >= 15 is 0 Å². The van der Waals surface area contributed by atoms with Crippen LogP contribution in [0.5, 0.6) is 0 Å². The van der Waals surface area contributed by atoms with Crippen molar-refractivity contribution in [3.63, 3.8) is 0 Å². The van der Waals surface area contributed by atoms with Gasteiger partial charge in [-0.2, -0.15) is 5.10 Å². The molecule has 0 saturated carbocycles. The van der Waals surface area contributed by atoms with Crippen LogP contribution in [0.2, 0.25) is 0 Å². The van der Waals surface area contributed by atoms with E-state index in [2.05, 4.69) is 77.8 Å². The number of aromatic nitrogens is 3. The third-order valence-electron chi connectivity index (χ3n) is 6.22. The summed E-state index contributed by atoms with van der Waals surface area (Å²) in [6.07, 6.45) is 2.11. The first-order valence-corrected chi connectivity index (χ1v) is 13.7. The first kappa shape index (κ1) is 28.1. The number of benzene rings is 3. The van der Waals surface area contributed by atoms with Gasteiger partial charge in [0.25, 0.3) is 0 Å². The number of carbonyl (C=O) groups is 1. The Balaban J connectivity index is 0.000000826. The van der Waals surface area contributed by atoms with E-state index in [1.165, 1.54) is 0 Å². The molecule has 1 fully saturated rings. The molecule has 5 rings (SSSR count). The van der Waals surface area contributed by atoms with E-state index in [4.69, 9.17) is 24.2 Å². The lowest BCUT2D eigenvalue weighted by Gasteiger charge is -2.35. The van der Waals surface area contributed by atoms with Crippen LogP contribution in [0.15, 0.2) is 97.3 Å². The number of carbonyl (C=O) groups excluding carboxylic acids is 1. The van der Waals surface area contributed by atoms with Crippen LogP contribution in [0.25, 0.3) is 0 Å². The highest BCUT2D eigenvalue weighted by atomic mass is 31.1. The average Bonchev–Trinajstić information content (AvgIpc) is 3.52. The zero-order valence-electron chi connectivity index (χ0n) is 22.1. The predicted molar refractivity (Wildman–Crippen MR) is 147 cm³/mol. The van der Waals surface area contributed by atoms with Gasteiger partial charge in [0, 0.05) is 17.5 Å². The lowest BCUT2D eigenvalue weighted by molar-refractivity contribution is 0.0407. The molecule has 4 aromatic rings. The molecule has 2 N–H and O–H groups in total. The molecule has 0 radical (unpaired) electrons. The fraction of sp³-hybridized carbons (Fsp3) is 0.276. The van der Waals surface area contributed by atoms with Gasteiger partial charge in [0.2, 0.25) is 0 Å². The molecule has 1 saturated heterocycles. The normalized spacial score (nSPS) is 14.7. The molecule has 1 aliphatic heterocycles. The van der Waals surface area contributed by atoms with Crippen molar-refractivity contribution in [3.8, 4) is 0 Å². The third kappa shape index (κ3) is 6.75. The smallest absolute Gasteiger partial charge is 0.444 e. The topological polar surface area (TPSA) is 118 Å². The molecule has 1 aliphatic rings. The van der Waals surface area contributed by atoms with Crippen LogP contribution in [0.3, 0.4) is 0 Å². The van der Waals surface area contributed by atoms with E-state index in [0.29, 0.717) is 18.8 Å². The maximum absolute atomic E-state index is 12.4. The lowest BCUT2D eigenvalue weighted by atomic mass is 9.77. The lowest BCUT2D eigenvalue weighted by Crippen LogP contribution is -2.38. The largest absolute Gasteiger partial charge is 0.692 e. The first-order valence-electron chi connectivity index (χ1n) is 12.5. The average molecular weight is 548 g/mol. The monoisotopic (exact) mass is 547 g/mol. The van der Waals surface area contributed by atoms with E-state index in [1.807, 2.05) is 50.0 Å². The summed E-state index contributed by atoms with van der Waals surface area (Å²) in [7, 11) is -2.87. The summed E-state index contributed by atoms with van der Waals surface area (Å²) in [5.41, 5.74) is 2.08. The van der Waals surface area contributed by atoms with Crippen molar-refractivity contribution in [1.82, 2.24) is 19.7 Å². The van der Waals surface area contributed by atoms with Crippen molar-refractivity contribution in [3.05, 3.63) is 120 Å². The number of rotatable bonds is 6. The van der Waals surface area contributed by atoms with Gasteiger partial charge in [-0.15, -0.1) is 9.79 Å². The molecule has 10 heteroatoms. The van der Waals surface area contributed by atoms with Crippen molar-refractivity contribution in [2.24, 2.45) is 0 Å².